The highest BCUT2D eigenvalue weighted by atomic mass is 35.5. The van der Waals surface area contributed by atoms with E-state index in [0.717, 1.165) is 28.1 Å². The smallest absolute Gasteiger partial charge is 0.260 e. The number of thiazole rings is 1. The fourth-order valence-electron chi connectivity index (χ4n) is 3.66. The number of nitriles is 1. The summed E-state index contributed by atoms with van der Waals surface area (Å²) in [5, 5.41) is 10.9. The fraction of sp³-hybridized carbons (Fsp3) is 0.348. The third-order valence-corrected chi connectivity index (χ3v) is 6.72. The van der Waals surface area contributed by atoms with E-state index in [1.165, 1.54) is 0 Å². The maximum absolute atomic E-state index is 12.7. The maximum Gasteiger partial charge on any atom is 0.260 e. The molecule has 160 valence electrons. The number of nitrogens with zero attached hydrogens (tertiary/aromatic N) is 3. The van der Waals surface area contributed by atoms with Gasteiger partial charge in [0.15, 0.2) is 18.1 Å². The molecule has 0 radical (unpaired) electrons. The fourth-order valence-corrected chi connectivity index (χ4v) is 4.95. The molecule has 0 aliphatic carbocycles. The largest absolute Gasteiger partial charge is 0.490 e. The third kappa shape index (κ3) is 4.92. The van der Waals surface area contributed by atoms with Crippen LogP contribution in [0.25, 0.3) is 10.2 Å². The standard InChI is InChI=1S/C23H22ClN3O3S/c1-2-29-20-11-15(13-25)3-5-19(20)30-14-22(28)27-9-7-16(8-10-27)23-26-18-12-17(24)4-6-21(18)31-23/h3-6,11-12,16H,2,7-10,14H2,1H3. The van der Waals surface area contributed by atoms with Gasteiger partial charge in [-0.3, -0.25) is 4.79 Å². The number of likely N-dealkylation sites (tertiary alicyclic amines) is 1. The predicted molar refractivity (Wildman–Crippen MR) is 121 cm³/mol. The molecule has 4 rings (SSSR count). The number of rotatable bonds is 6. The molecule has 0 spiro atoms. The van der Waals surface area contributed by atoms with E-state index in [0.29, 0.717) is 47.7 Å². The number of aromatic nitrogens is 1. The van der Waals surface area contributed by atoms with Crippen LogP contribution < -0.4 is 9.47 Å². The maximum atomic E-state index is 12.7. The zero-order valence-electron chi connectivity index (χ0n) is 17.1. The highest BCUT2D eigenvalue weighted by molar-refractivity contribution is 7.18. The molecule has 2 aromatic carbocycles. The Kier molecular flexibility index (Phi) is 6.59. The second kappa shape index (κ2) is 9.54. The van der Waals surface area contributed by atoms with Gasteiger partial charge in [0, 0.05) is 30.1 Å². The lowest BCUT2D eigenvalue weighted by atomic mass is 9.97. The van der Waals surface area contributed by atoms with E-state index in [-0.39, 0.29) is 12.5 Å². The summed E-state index contributed by atoms with van der Waals surface area (Å²) in [5.41, 5.74) is 1.42. The number of amides is 1. The van der Waals surface area contributed by atoms with Gasteiger partial charge >= 0.3 is 0 Å². The van der Waals surface area contributed by atoms with Crippen molar-refractivity contribution in [3.8, 4) is 17.6 Å². The van der Waals surface area contributed by atoms with Gasteiger partial charge in [0.1, 0.15) is 0 Å². The summed E-state index contributed by atoms with van der Waals surface area (Å²) in [4.78, 5) is 19.3. The van der Waals surface area contributed by atoms with Gasteiger partial charge in [-0.2, -0.15) is 5.26 Å². The molecule has 1 aliphatic rings. The first-order valence-electron chi connectivity index (χ1n) is 10.2. The Bertz CT molecular complexity index is 1130. The molecule has 1 amide bonds. The lowest BCUT2D eigenvalue weighted by Gasteiger charge is -2.31. The molecule has 6 nitrogen and oxygen atoms in total. The van der Waals surface area contributed by atoms with Gasteiger partial charge in [-0.05, 0) is 50.1 Å². The van der Waals surface area contributed by atoms with Gasteiger partial charge in [0.2, 0.25) is 0 Å². The van der Waals surface area contributed by atoms with Gasteiger partial charge in [-0.1, -0.05) is 11.6 Å². The van der Waals surface area contributed by atoms with Crippen LogP contribution in [0.15, 0.2) is 36.4 Å². The van der Waals surface area contributed by atoms with Crippen molar-refractivity contribution in [3.63, 3.8) is 0 Å². The van der Waals surface area contributed by atoms with Crippen molar-refractivity contribution in [2.45, 2.75) is 25.7 Å². The average Bonchev–Trinajstić information content (AvgIpc) is 3.21. The van der Waals surface area contributed by atoms with Crippen LogP contribution in [-0.4, -0.2) is 42.1 Å². The predicted octanol–water partition coefficient (Wildman–Crippen LogP) is 5.01. The second-order valence-electron chi connectivity index (χ2n) is 7.31. The number of halogens is 1. The molecule has 3 aromatic rings. The molecule has 0 unspecified atom stereocenters. The summed E-state index contributed by atoms with van der Waals surface area (Å²) in [6.45, 7) is 3.60. The van der Waals surface area contributed by atoms with Crippen LogP contribution in [0.3, 0.4) is 0 Å². The molecule has 1 aromatic heterocycles. The first-order valence-corrected chi connectivity index (χ1v) is 11.4. The van der Waals surface area contributed by atoms with Gasteiger partial charge in [0.25, 0.3) is 5.91 Å². The molecule has 2 heterocycles. The van der Waals surface area contributed by atoms with Crippen molar-refractivity contribution >= 4 is 39.1 Å². The lowest BCUT2D eigenvalue weighted by Crippen LogP contribution is -2.40. The molecule has 8 heteroatoms. The van der Waals surface area contributed by atoms with Crippen molar-refractivity contribution < 1.29 is 14.3 Å². The summed E-state index contributed by atoms with van der Waals surface area (Å²) < 4.78 is 12.4. The topological polar surface area (TPSA) is 75.5 Å². The highest BCUT2D eigenvalue weighted by Gasteiger charge is 2.26. The number of piperidine rings is 1. The van der Waals surface area contributed by atoms with Crippen LogP contribution in [0.1, 0.15) is 36.3 Å². The Balaban J connectivity index is 1.33. The van der Waals surface area contributed by atoms with Gasteiger partial charge in [-0.25, -0.2) is 4.98 Å². The van der Waals surface area contributed by atoms with Crippen LogP contribution in [-0.2, 0) is 4.79 Å². The molecule has 1 fully saturated rings. The van der Waals surface area contributed by atoms with Gasteiger partial charge < -0.3 is 14.4 Å². The molecule has 31 heavy (non-hydrogen) atoms. The number of hydrogen-bond donors (Lipinski definition) is 0. The van der Waals surface area contributed by atoms with E-state index >= 15 is 0 Å². The van der Waals surface area contributed by atoms with Crippen molar-refractivity contribution in [1.29, 1.82) is 5.26 Å². The van der Waals surface area contributed by atoms with Crippen LogP contribution in [0.4, 0.5) is 0 Å². The van der Waals surface area contributed by atoms with Crippen LogP contribution >= 0.6 is 22.9 Å². The number of ether oxygens (including phenoxy) is 2. The summed E-state index contributed by atoms with van der Waals surface area (Å²) in [6.07, 6.45) is 1.75. The molecular formula is C23H22ClN3O3S. The zero-order valence-corrected chi connectivity index (χ0v) is 18.7. The minimum absolute atomic E-state index is 0.0543. The Morgan fingerprint density at radius 2 is 2.03 bits per heavy atom. The first-order chi connectivity index (χ1) is 15.1. The van der Waals surface area contributed by atoms with Crippen molar-refractivity contribution in [2.24, 2.45) is 0 Å². The lowest BCUT2D eigenvalue weighted by molar-refractivity contribution is -0.134. The number of fused-ring (bicyclic) bond motifs is 1. The summed E-state index contributed by atoms with van der Waals surface area (Å²) >= 11 is 7.77. The minimum Gasteiger partial charge on any atom is -0.490 e. The normalized spacial score (nSPS) is 14.4. The van der Waals surface area contributed by atoms with Crippen LogP contribution in [0.2, 0.25) is 5.02 Å². The van der Waals surface area contributed by atoms with Gasteiger partial charge in [0.05, 0.1) is 33.5 Å². The Labute approximate surface area is 190 Å². The van der Waals surface area contributed by atoms with Crippen LogP contribution in [0, 0.1) is 11.3 Å². The van der Waals surface area contributed by atoms with Crippen molar-refractivity contribution in [2.75, 3.05) is 26.3 Å². The third-order valence-electron chi connectivity index (χ3n) is 5.29. The van der Waals surface area contributed by atoms with Crippen LogP contribution in [0.5, 0.6) is 11.5 Å². The number of benzene rings is 2. The number of hydrogen-bond acceptors (Lipinski definition) is 6. The minimum atomic E-state index is -0.0592. The first kappa shape index (κ1) is 21.4. The van der Waals surface area contributed by atoms with Crippen molar-refractivity contribution in [3.05, 3.63) is 52.0 Å². The molecule has 1 aliphatic heterocycles. The average molecular weight is 456 g/mol. The van der Waals surface area contributed by atoms with Gasteiger partial charge in [-0.15, -0.1) is 11.3 Å². The Morgan fingerprint density at radius 1 is 1.23 bits per heavy atom. The van der Waals surface area contributed by atoms with E-state index in [4.69, 9.17) is 31.3 Å². The second-order valence-corrected chi connectivity index (χ2v) is 8.81. The number of carbonyl (C=O) groups is 1. The molecule has 0 saturated carbocycles. The zero-order chi connectivity index (χ0) is 21.8. The van der Waals surface area contributed by atoms with E-state index < -0.39 is 0 Å². The number of carbonyl (C=O) groups excluding carboxylic acids is 1. The summed E-state index contributed by atoms with van der Waals surface area (Å²) in [5.74, 6) is 1.24. The Hall–Kier alpha value is -2.82. The highest BCUT2D eigenvalue weighted by Crippen LogP contribution is 2.35. The van der Waals surface area contributed by atoms with E-state index in [1.54, 1.807) is 29.5 Å². The van der Waals surface area contributed by atoms with Crippen molar-refractivity contribution in [1.82, 2.24) is 9.88 Å². The SMILES string of the molecule is CCOc1cc(C#N)ccc1OCC(=O)N1CCC(c2nc3cc(Cl)ccc3s2)CC1. The summed E-state index contributed by atoms with van der Waals surface area (Å²) in [6, 6.07) is 12.8. The molecular weight excluding hydrogens is 434 g/mol. The quantitative estimate of drug-likeness (QED) is 0.522. The molecule has 0 N–H and O–H groups in total. The van der Waals surface area contributed by atoms with E-state index in [1.807, 2.05) is 30.0 Å². The molecule has 0 atom stereocenters. The Morgan fingerprint density at radius 3 is 2.77 bits per heavy atom. The molecule has 1 saturated heterocycles. The molecule has 0 bridgehead atoms. The van der Waals surface area contributed by atoms with E-state index in [2.05, 4.69) is 6.07 Å². The monoisotopic (exact) mass is 455 g/mol. The van der Waals surface area contributed by atoms with E-state index in [9.17, 15) is 4.79 Å². The summed E-state index contributed by atoms with van der Waals surface area (Å²) in [7, 11) is 0.